The van der Waals surface area contributed by atoms with Gasteiger partial charge < -0.3 is 9.47 Å². The van der Waals surface area contributed by atoms with Gasteiger partial charge in [0.25, 0.3) is 0 Å². The summed E-state index contributed by atoms with van der Waals surface area (Å²) < 4.78 is 33.1. The molecule has 0 aromatic rings. The fourth-order valence-electron chi connectivity index (χ4n) is 1.35. The first kappa shape index (κ1) is 9.48. The van der Waals surface area contributed by atoms with Crippen LogP contribution in [0.15, 0.2) is 33.8 Å². The van der Waals surface area contributed by atoms with E-state index in [1.54, 1.807) is 25.3 Å². The van der Waals surface area contributed by atoms with E-state index in [1.807, 2.05) is 0 Å². The molecule has 14 heavy (non-hydrogen) atoms. The van der Waals surface area contributed by atoms with Gasteiger partial charge >= 0.3 is 0 Å². The second-order valence-electron chi connectivity index (χ2n) is 2.95. The molecule has 0 radical (unpaired) electrons. The van der Waals surface area contributed by atoms with Crippen molar-refractivity contribution in [2.45, 2.75) is 0 Å². The van der Waals surface area contributed by atoms with Crippen molar-refractivity contribution in [2.75, 3.05) is 20.3 Å². The van der Waals surface area contributed by atoms with E-state index in [1.165, 1.54) is 0 Å². The Balaban J connectivity index is 2.16. The maximum atomic E-state index is 11.5. The lowest BCUT2D eigenvalue weighted by Gasteiger charge is -2.05. The van der Waals surface area contributed by atoms with Gasteiger partial charge in [0.1, 0.15) is 17.3 Å². The molecular weight excluding hydrogens is 204 g/mol. The lowest BCUT2D eigenvalue weighted by molar-refractivity contribution is 0.114. The Hall–Kier alpha value is -1.07. The molecule has 0 amide bonds. The van der Waals surface area contributed by atoms with Crippen LogP contribution in [-0.2, 0) is 19.3 Å². The molecule has 2 heterocycles. The number of fused-ring (bicyclic) bond motifs is 2. The third-order valence-corrected chi connectivity index (χ3v) is 3.85. The predicted molar refractivity (Wildman–Crippen MR) is 51.0 cm³/mol. The smallest absolute Gasteiger partial charge is 0.210 e. The van der Waals surface area contributed by atoms with E-state index in [4.69, 9.17) is 9.47 Å². The molecule has 0 aromatic heterocycles. The summed E-state index contributed by atoms with van der Waals surface area (Å²) in [6, 6.07) is 0. The third-order valence-electron chi connectivity index (χ3n) is 2.06. The van der Waals surface area contributed by atoms with E-state index in [9.17, 15) is 8.42 Å². The Kier molecular flexibility index (Phi) is 2.20. The average molecular weight is 214 g/mol. The van der Waals surface area contributed by atoms with E-state index < -0.39 is 9.84 Å². The van der Waals surface area contributed by atoms with Gasteiger partial charge in [0.2, 0.25) is 9.84 Å². The first-order valence-electron chi connectivity index (χ1n) is 4.17. The second kappa shape index (κ2) is 3.25. The van der Waals surface area contributed by atoms with Crippen LogP contribution in [0.3, 0.4) is 0 Å². The van der Waals surface area contributed by atoms with Crippen LogP contribution in [0.2, 0.25) is 0 Å². The van der Waals surface area contributed by atoms with Gasteiger partial charge in [-0.1, -0.05) is 0 Å². The quantitative estimate of drug-likeness (QED) is 0.648. The van der Waals surface area contributed by atoms with Crippen molar-refractivity contribution in [3.63, 3.8) is 0 Å². The highest BCUT2D eigenvalue weighted by molar-refractivity contribution is 8.00. The lowest BCUT2D eigenvalue weighted by Crippen LogP contribution is -2.02. The molecule has 0 saturated heterocycles. The Morgan fingerprint density at radius 2 is 2.07 bits per heavy atom. The minimum absolute atomic E-state index is 0.267. The topological polar surface area (TPSA) is 52.6 Å². The fourth-order valence-corrected chi connectivity index (χ4v) is 2.75. The molecule has 0 aliphatic carbocycles. The van der Waals surface area contributed by atoms with Crippen molar-refractivity contribution in [1.29, 1.82) is 0 Å². The van der Waals surface area contributed by atoms with E-state index in [0.29, 0.717) is 23.9 Å². The summed E-state index contributed by atoms with van der Waals surface area (Å²) in [5.74, 6) is 0.430. The molecule has 76 valence electrons. The summed E-state index contributed by atoms with van der Waals surface area (Å²) in [6.45, 7) is 0.812. The number of ether oxygens (including phenoxy) is 2. The highest BCUT2D eigenvalue weighted by Crippen LogP contribution is 2.37. The molecule has 0 saturated carbocycles. The largest absolute Gasteiger partial charge is 0.490 e. The van der Waals surface area contributed by atoms with Crippen molar-refractivity contribution < 1.29 is 17.9 Å². The zero-order valence-corrected chi connectivity index (χ0v) is 8.50. The minimum Gasteiger partial charge on any atom is -0.490 e. The maximum absolute atomic E-state index is 11.5. The average Bonchev–Trinajstić information content (AvgIpc) is 2.56. The number of hydrogen-bond acceptors (Lipinski definition) is 4. The molecule has 2 aliphatic rings. The SMILES string of the molecule is COCCOC1=C2C=CC(=C1)S2(=O)=O. The van der Waals surface area contributed by atoms with Gasteiger partial charge in [-0.2, -0.15) is 0 Å². The van der Waals surface area contributed by atoms with Gasteiger partial charge in [-0.15, -0.1) is 0 Å². The standard InChI is InChI=1S/C9H10O4S/c1-12-4-5-13-8-6-7-2-3-9(8)14(7,10)11/h2-3,6H,4-5H2,1H3. The van der Waals surface area contributed by atoms with Crippen LogP contribution >= 0.6 is 0 Å². The third kappa shape index (κ3) is 1.29. The summed E-state index contributed by atoms with van der Waals surface area (Å²) in [5, 5.41) is 0. The molecule has 4 nitrogen and oxygen atoms in total. The Morgan fingerprint density at radius 1 is 1.29 bits per heavy atom. The number of methoxy groups -OCH3 is 1. The van der Waals surface area contributed by atoms with E-state index in [-0.39, 0.29) is 4.91 Å². The van der Waals surface area contributed by atoms with Crippen LogP contribution in [0.25, 0.3) is 0 Å². The first-order valence-corrected chi connectivity index (χ1v) is 5.65. The normalized spacial score (nSPS) is 21.6. The van der Waals surface area contributed by atoms with Crippen LogP contribution in [0.1, 0.15) is 0 Å². The monoisotopic (exact) mass is 214 g/mol. The Morgan fingerprint density at radius 3 is 2.57 bits per heavy atom. The second-order valence-corrected chi connectivity index (χ2v) is 4.87. The zero-order valence-electron chi connectivity index (χ0n) is 7.69. The van der Waals surface area contributed by atoms with E-state index in [2.05, 4.69) is 0 Å². The molecule has 0 aromatic carbocycles. The van der Waals surface area contributed by atoms with Gasteiger partial charge in [-0.25, -0.2) is 8.42 Å². The number of rotatable bonds is 4. The zero-order chi connectivity index (χ0) is 10.2. The first-order chi connectivity index (χ1) is 6.66. The number of sulfone groups is 1. The summed E-state index contributed by atoms with van der Waals surface area (Å²) >= 11 is 0. The summed E-state index contributed by atoms with van der Waals surface area (Å²) in [4.78, 5) is 0.587. The lowest BCUT2D eigenvalue weighted by atomic mass is 10.3. The van der Waals surface area contributed by atoms with Gasteiger partial charge in [0, 0.05) is 13.2 Å². The molecule has 0 atom stereocenters. The van der Waals surface area contributed by atoms with Crippen LogP contribution < -0.4 is 0 Å². The van der Waals surface area contributed by atoms with Crippen LogP contribution in [0, 0.1) is 0 Å². The maximum Gasteiger partial charge on any atom is 0.210 e. The minimum atomic E-state index is -3.22. The predicted octanol–water partition coefficient (Wildman–Crippen LogP) is 0.743. The van der Waals surface area contributed by atoms with Crippen LogP contribution in [0.4, 0.5) is 0 Å². The highest BCUT2D eigenvalue weighted by atomic mass is 32.2. The Bertz CT molecular complexity index is 439. The summed E-state index contributed by atoms with van der Waals surface area (Å²) in [6.07, 6.45) is 4.68. The van der Waals surface area contributed by atoms with E-state index in [0.717, 1.165) is 0 Å². The van der Waals surface area contributed by atoms with E-state index >= 15 is 0 Å². The van der Waals surface area contributed by atoms with Crippen molar-refractivity contribution >= 4 is 9.84 Å². The highest BCUT2D eigenvalue weighted by Gasteiger charge is 2.34. The molecule has 0 N–H and O–H groups in total. The molecular formula is C9H10O4S. The van der Waals surface area contributed by atoms with Crippen LogP contribution in [0.5, 0.6) is 0 Å². The molecule has 0 fully saturated rings. The fraction of sp³-hybridized carbons (Fsp3) is 0.333. The molecule has 5 heteroatoms. The van der Waals surface area contributed by atoms with Gasteiger partial charge in [0.15, 0.2) is 0 Å². The molecule has 2 bridgehead atoms. The van der Waals surface area contributed by atoms with Gasteiger partial charge in [-0.3, -0.25) is 0 Å². The van der Waals surface area contributed by atoms with Gasteiger partial charge in [-0.05, 0) is 12.2 Å². The van der Waals surface area contributed by atoms with Crippen molar-refractivity contribution in [3.05, 3.63) is 33.8 Å². The summed E-state index contributed by atoms with van der Waals surface area (Å²) in [7, 11) is -1.65. The molecule has 0 unspecified atom stereocenters. The molecule has 2 aliphatic heterocycles. The van der Waals surface area contributed by atoms with Gasteiger partial charge in [0.05, 0.1) is 11.5 Å². The number of allylic oxidation sites excluding steroid dienone is 3. The van der Waals surface area contributed by atoms with Crippen molar-refractivity contribution in [1.82, 2.24) is 0 Å². The molecule has 0 spiro atoms. The molecule has 2 rings (SSSR count). The number of hydrogen-bond donors (Lipinski definition) is 0. The van der Waals surface area contributed by atoms with Crippen molar-refractivity contribution in [3.8, 4) is 0 Å². The summed E-state index contributed by atoms with van der Waals surface area (Å²) in [5.41, 5.74) is 0. The van der Waals surface area contributed by atoms with Crippen LogP contribution in [-0.4, -0.2) is 28.7 Å². The Labute approximate surface area is 82.4 Å². The van der Waals surface area contributed by atoms with Crippen molar-refractivity contribution in [2.24, 2.45) is 0 Å².